The number of rotatable bonds is 7. The van der Waals surface area contributed by atoms with Crippen LogP contribution in [-0.2, 0) is 6.42 Å². The quantitative estimate of drug-likeness (QED) is 0.734. The summed E-state index contributed by atoms with van der Waals surface area (Å²) in [7, 11) is -0.977. The number of benzene rings is 1. The van der Waals surface area contributed by atoms with Crippen LogP contribution in [0.25, 0.3) is 0 Å². The van der Waals surface area contributed by atoms with Gasteiger partial charge in [-0.15, -0.1) is 0 Å². The zero-order chi connectivity index (χ0) is 13.9. The van der Waals surface area contributed by atoms with E-state index in [2.05, 4.69) is 56.1 Å². The highest BCUT2D eigenvalue weighted by Crippen LogP contribution is 2.23. The van der Waals surface area contributed by atoms with Crippen LogP contribution in [0.1, 0.15) is 24.0 Å². The van der Waals surface area contributed by atoms with Crippen LogP contribution < -0.4 is 5.32 Å². The number of hydrogen-bond donors (Lipinski definition) is 1. The fourth-order valence-electron chi connectivity index (χ4n) is 2.76. The van der Waals surface area contributed by atoms with E-state index in [4.69, 9.17) is 0 Å². The van der Waals surface area contributed by atoms with Gasteiger partial charge in [0.2, 0.25) is 0 Å². The van der Waals surface area contributed by atoms with Gasteiger partial charge in [-0.05, 0) is 44.2 Å². The SMILES string of the molecule is Cc1ccc(CC(CNC2CC2)C[Si](C)(C)C)cc1. The van der Waals surface area contributed by atoms with E-state index in [1.165, 1.54) is 43.0 Å². The molecule has 0 bridgehead atoms. The molecule has 1 N–H and O–H groups in total. The first kappa shape index (κ1) is 14.8. The summed E-state index contributed by atoms with van der Waals surface area (Å²) in [5, 5.41) is 3.73. The molecular weight excluding hydrogens is 246 g/mol. The molecule has 2 heteroatoms. The summed E-state index contributed by atoms with van der Waals surface area (Å²) in [6.45, 7) is 10.9. The fraction of sp³-hybridized carbons (Fsp3) is 0.647. The average Bonchev–Trinajstić information content (AvgIpc) is 3.11. The lowest BCUT2D eigenvalue weighted by molar-refractivity contribution is 0.504. The number of aryl methyl sites for hydroxylation is 1. The molecule has 0 amide bonds. The minimum absolute atomic E-state index is 0.815. The summed E-state index contributed by atoms with van der Waals surface area (Å²) in [6, 6.07) is 11.4. The number of nitrogens with one attached hydrogen (secondary N) is 1. The molecule has 106 valence electrons. The van der Waals surface area contributed by atoms with Crippen LogP contribution in [0.3, 0.4) is 0 Å². The first-order chi connectivity index (χ1) is 8.92. The Morgan fingerprint density at radius 2 is 1.79 bits per heavy atom. The maximum Gasteiger partial charge on any atom is 0.0446 e. The van der Waals surface area contributed by atoms with E-state index < -0.39 is 8.07 Å². The van der Waals surface area contributed by atoms with Gasteiger partial charge in [0.1, 0.15) is 0 Å². The second-order valence-electron chi connectivity index (χ2n) is 7.50. The van der Waals surface area contributed by atoms with Crippen LogP contribution >= 0.6 is 0 Å². The Morgan fingerprint density at radius 1 is 1.16 bits per heavy atom. The van der Waals surface area contributed by atoms with Gasteiger partial charge in [-0.1, -0.05) is 55.5 Å². The molecule has 1 nitrogen and oxygen atoms in total. The van der Waals surface area contributed by atoms with E-state index >= 15 is 0 Å². The summed E-state index contributed by atoms with van der Waals surface area (Å²) >= 11 is 0. The molecule has 0 spiro atoms. The Hall–Kier alpha value is -0.603. The monoisotopic (exact) mass is 275 g/mol. The van der Waals surface area contributed by atoms with Gasteiger partial charge >= 0.3 is 0 Å². The summed E-state index contributed by atoms with van der Waals surface area (Å²) in [5.74, 6) is 0.815. The summed E-state index contributed by atoms with van der Waals surface area (Å²) in [6.07, 6.45) is 4.03. The Balaban J connectivity index is 1.92. The van der Waals surface area contributed by atoms with Crippen molar-refractivity contribution < 1.29 is 0 Å². The molecule has 1 aromatic carbocycles. The Bertz CT molecular complexity index is 387. The molecular formula is C17H29NSi. The van der Waals surface area contributed by atoms with Crippen molar-refractivity contribution >= 4 is 8.07 Å². The largest absolute Gasteiger partial charge is 0.314 e. The molecule has 0 aromatic heterocycles. The van der Waals surface area contributed by atoms with Crippen LogP contribution in [0.2, 0.25) is 25.7 Å². The molecule has 1 atom stereocenters. The molecule has 0 saturated heterocycles. The fourth-order valence-corrected chi connectivity index (χ4v) is 4.78. The predicted octanol–water partition coefficient (Wildman–Crippen LogP) is 4.24. The van der Waals surface area contributed by atoms with Gasteiger partial charge < -0.3 is 5.32 Å². The van der Waals surface area contributed by atoms with E-state index in [9.17, 15) is 0 Å². The van der Waals surface area contributed by atoms with E-state index in [-0.39, 0.29) is 0 Å². The van der Waals surface area contributed by atoms with Crippen molar-refractivity contribution in [3.05, 3.63) is 35.4 Å². The Labute approximate surface area is 119 Å². The van der Waals surface area contributed by atoms with Crippen molar-refractivity contribution in [3.8, 4) is 0 Å². The van der Waals surface area contributed by atoms with Crippen LogP contribution in [0.5, 0.6) is 0 Å². The van der Waals surface area contributed by atoms with Crippen molar-refractivity contribution in [2.24, 2.45) is 5.92 Å². The maximum atomic E-state index is 3.73. The van der Waals surface area contributed by atoms with E-state index in [0.29, 0.717) is 0 Å². The van der Waals surface area contributed by atoms with E-state index in [0.717, 1.165) is 12.0 Å². The molecule has 1 unspecified atom stereocenters. The van der Waals surface area contributed by atoms with Crippen LogP contribution in [0.4, 0.5) is 0 Å². The van der Waals surface area contributed by atoms with Gasteiger partial charge in [0.05, 0.1) is 0 Å². The smallest absolute Gasteiger partial charge is 0.0446 e. The van der Waals surface area contributed by atoms with Gasteiger partial charge in [0.15, 0.2) is 0 Å². The van der Waals surface area contributed by atoms with Gasteiger partial charge in [0, 0.05) is 14.1 Å². The molecule has 1 aliphatic rings. The topological polar surface area (TPSA) is 12.0 Å². The maximum absolute atomic E-state index is 3.73. The van der Waals surface area contributed by atoms with E-state index in [1.54, 1.807) is 0 Å². The zero-order valence-corrected chi connectivity index (χ0v) is 14.0. The van der Waals surface area contributed by atoms with Gasteiger partial charge in [0.25, 0.3) is 0 Å². The lowest BCUT2D eigenvalue weighted by atomic mass is 10.00. The molecule has 1 saturated carbocycles. The zero-order valence-electron chi connectivity index (χ0n) is 13.0. The molecule has 2 rings (SSSR count). The molecule has 19 heavy (non-hydrogen) atoms. The highest BCUT2D eigenvalue weighted by molar-refractivity contribution is 6.76. The Kier molecular flexibility index (Phi) is 4.85. The molecule has 0 aliphatic heterocycles. The highest BCUT2D eigenvalue weighted by atomic mass is 28.3. The standard InChI is InChI=1S/C17H29NSi/c1-14-5-7-15(8-6-14)11-16(13-19(2,3)4)12-18-17-9-10-17/h5-8,16-18H,9-13H2,1-4H3. The van der Waals surface area contributed by atoms with Crippen molar-refractivity contribution in [3.63, 3.8) is 0 Å². The lowest BCUT2D eigenvalue weighted by Crippen LogP contribution is -2.32. The molecule has 1 aliphatic carbocycles. The lowest BCUT2D eigenvalue weighted by Gasteiger charge is -2.25. The minimum Gasteiger partial charge on any atom is -0.314 e. The molecule has 0 radical (unpaired) electrons. The second kappa shape index (κ2) is 6.23. The summed E-state index contributed by atoms with van der Waals surface area (Å²) in [4.78, 5) is 0. The van der Waals surface area contributed by atoms with Crippen molar-refractivity contribution in [1.82, 2.24) is 5.32 Å². The van der Waals surface area contributed by atoms with Gasteiger partial charge in [-0.3, -0.25) is 0 Å². The van der Waals surface area contributed by atoms with Crippen molar-refractivity contribution in [2.75, 3.05) is 6.54 Å². The van der Waals surface area contributed by atoms with Gasteiger partial charge in [-0.25, -0.2) is 0 Å². The summed E-state index contributed by atoms with van der Waals surface area (Å²) < 4.78 is 0. The molecule has 0 heterocycles. The predicted molar refractivity (Wildman–Crippen MR) is 87.6 cm³/mol. The third-order valence-electron chi connectivity index (χ3n) is 3.82. The average molecular weight is 276 g/mol. The summed E-state index contributed by atoms with van der Waals surface area (Å²) in [5.41, 5.74) is 2.87. The van der Waals surface area contributed by atoms with Crippen LogP contribution in [0, 0.1) is 12.8 Å². The highest BCUT2D eigenvalue weighted by Gasteiger charge is 2.25. The first-order valence-corrected chi connectivity index (χ1v) is 11.4. The van der Waals surface area contributed by atoms with Crippen molar-refractivity contribution in [2.45, 2.75) is 57.9 Å². The van der Waals surface area contributed by atoms with Crippen LogP contribution in [-0.4, -0.2) is 20.7 Å². The normalized spacial score (nSPS) is 17.5. The Morgan fingerprint density at radius 3 is 2.32 bits per heavy atom. The first-order valence-electron chi connectivity index (χ1n) is 7.71. The van der Waals surface area contributed by atoms with Gasteiger partial charge in [-0.2, -0.15) is 0 Å². The van der Waals surface area contributed by atoms with Crippen LogP contribution in [0.15, 0.2) is 24.3 Å². The van der Waals surface area contributed by atoms with E-state index in [1.807, 2.05) is 0 Å². The second-order valence-corrected chi connectivity index (χ2v) is 13.0. The molecule has 1 aromatic rings. The number of hydrogen-bond acceptors (Lipinski definition) is 1. The third-order valence-corrected chi connectivity index (χ3v) is 5.62. The third kappa shape index (κ3) is 5.92. The van der Waals surface area contributed by atoms with Crippen molar-refractivity contribution in [1.29, 1.82) is 0 Å². The minimum atomic E-state index is -0.977. The molecule has 1 fully saturated rings.